The summed E-state index contributed by atoms with van der Waals surface area (Å²) in [5.74, 6) is -0.239. The molecule has 3 N–H and O–H groups in total. The summed E-state index contributed by atoms with van der Waals surface area (Å²) in [6.45, 7) is 7.10. The minimum Gasteiger partial charge on any atom is -0.368 e. The van der Waals surface area contributed by atoms with Crippen LogP contribution in [-0.4, -0.2) is 42.0 Å². The first-order valence-electron chi connectivity index (χ1n) is 6.13. The molecule has 1 amide bonds. The lowest BCUT2D eigenvalue weighted by molar-refractivity contribution is -0.124. The smallest absolute Gasteiger partial charge is 0.237 e. The van der Waals surface area contributed by atoms with Crippen molar-refractivity contribution >= 4 is 5.91 Å². The third-order valence-electron chi connectivity index (χ3n) is 3.49. The van der Waals surface area contributed by atoms with E-state index in [-0.39, 0.29) is 5.91 Å². The maximum atomic E-state index is 11.5. The number of rotatable bonds is 7. The van der Waals surface area contributed by atoms with Crippen molar-refractivity contribution in [2.24, 2.45) is 5.73 Å². The monoisotopic (exact) mass is 227 g/mol. The van der Waals surface area contributed by atoms with Crippen molar-refractivity contribution in [3.63, 3.8) is 0 Å². The predicted molar refractivity (Wildman–Crippen MR) is 66.1 cm³/mol. The molecule has 0 aromatic carbocycles. The molecule has 0 radical (unpaired) electrons. The number of hydrogen-bond acceptors (Lipinski definition) is 3. The van der Waals surface area contributed by atoms with Crippen LogP contribution in [0, 0.1) is 0 Å². The number of nitrogens with zero attached hydrogens (tertiary/aromatic N) is 1. The second-order valence-electron chi connectivity index (χ2n) is 5.44. The van der Waals surface area contributed by atoms with Crippen molar-refractivity contribution in [2.75, 3.05) is 13.6 Å². The summed E-state index contributed by atoms with van der Waals surface area (Å²) in [6, 6.07) is 1.000. The van der Waals surface area contributed by atoms with Crippen LogP contribution in [0.2, 0.25) is 0 Å². The fraction of sp³-hybridized carbons (Fsp3) is 0.917. The van der Waals surface area contributed by atoms with Crippen molar-refractivity contribution in [3.05, 3.63) is 0 Å². The molecule has 4 nitrogen and oxygen atoms in total. The Morgan fingerprint density at radius 3 is 2.50 bits per heavy atom. The average Bonchev–Trinajstić information content (AvgIpc) is 2.97. The Balaban J connectivity index is 2.46. The number of amides is 1. The van der Waals surface area contributed by atoms with Gasteiger partial charge < -0.3 is 16.0 Å². The van der Waals surface area contributed by atoms with Crippen LogP contribution in [0.3, 0.4) is 0 Å². The second-order valence-corrected chi connectivity index (χ2v) is 5.44. The number of nitrogens with one attached hydrogen (secondary N) is 1. The van der Waals surface area contributed by atoms with Gasteiger partial charge in [0.2, 0.25) is 5.91 Å². The molecule has 1 fully saturated rings. The molecule has 0 heterocycles. The first-order valence-corrected chi connectivity index (χ1v) is 6.13. The van der Waals surface area contributed by atoms with E-state index in [9.17, 15) is 4.79 Å². The van der Waals surface area contributed by atoms with Gasteiger partial charge in [-0.05, 0) is 47.1 Å². The molecule has 0 aliphatic heterocycles. The molecule has 94 valence electrons. The molecule has 0 bridgehead atoms. The molecule has 1 aliphatic rings. The highest BCUT2D eigenvalue weighted by atomic mass is 16.1. The maximum Gasteiger partial charge on any atom is 0.237 e. The van der Waals surface area contributed by atoms with Crippen molar-refractivity contribution in [2.45, 2.75) is 57.7 Å². The van der Waals surface area contributed by atoms with E-state index in [1.165, 1.54) is 12.8 Å². The Morgan fingerprint density at radius 1 is 1.56 bits per heavy atom. The van der Waals surface area contributed by atoms with E-state index < -0.39 is 5.54 Å². The molecule has 1 saturated carbocycles. The number of nitrogens with two attached hydrogens (primary N) is 1. The van der Waals surface area contributed by atoms with Crippen LogP contribution < -0.4 is 11.1 Å². The van der Waals surface area contributed by atoms with Crippen LogP contribution in [0.25, 0.3) is 0 Å². The lowest BCUT2D eigenvalue weighted by atomic mass is 9.96. The number of carbonyl (C=O) groups is 1. The van der Waals surface area contributed by atoms with Gasteiger partial charge in [-0.1, -0.05) is 0 Å². The molecule has 0 saturated heterocycles. The zero-order chi connectivity index (χ0) is 12.3. The Morgan fingerprint density at radius 2 is 2.12 bits per heavy atom. The number of primary amides is 1. The van der Waals surface area contributed by atoms with Crippen molar-refractivity contribution < 1.29 is 4.79 Å². The lowest BCUT2D eigenvalue weighted by Crippen LogP contribution is -2.55. The summed E-state index contributed by atoms with van der Waals surface area (Å²) in [5, 5.41) is 3.36. The zero-order valence-electron chi connectivity index (χ0n) is 10.9. The van der Waals surface area contributed by atoms with Crippen LogP contribution >= 0.6 is 0 Å². The van der Waals surface area contributed by atoms with E-state index in [1.807, 2.05) is 6.92 Å². The third kappa shape index (κ3) is 3.76. The van der Waals surface area contributed by atoms with Gasteiger partial charge in [0.1, 0.15) is 0 Å². The highest BCUT2D eigenvalue weighted by Crippen LogP contribution is 2.24. The largest absolute Gasteiger partial charge is 0.368 e. The van der Waals surface area contributed by atoms with Gasteiger partial charge in [-0.3, -0.25) is 4.79 Å². The molecule has 16 heavy (non-hydrogen) atoms. The molecule has 0 spiro atoms. The standard InChI is InChI=1S/C12H25N3O/c1-9(2)15(4)8-7-12(3,11(13)16)14-10-5-6-10/h9-10,14H,5-8H2,1-4H3,(H2,13,16). The highest BCUT2D eigenvalue weighted by molar-refractivity contribution is 5.84. The molecular weight excluding hydrogens is 202 g/mol. The van der Waals surface area contributed by atoms with Crippen LogP contribution in [-0.2, 0) is 4.79 Å². The molecular formula is C12H25N3O. The predicted octanol–water partition coefficient (Wildman–Crippen LogP) is 0.713. The minimum absolute atomic E-state index is 0.239. The summed E-state index contributed by atoms with van der Waals surface area (Å²) < 4.78 is 0. The molecule has 1 aliphatic carbocycles. The van der Waals surface area contributed by atoms with Crippen LogP contribution in [0.15, 0.2) is 0 Å². The first-order chi connectivity index (χ1) is 7.35. The van der Waals surface area contributed by atoms with Gasteiger partial charge in [-0.15, -0.1) is 0 Å². The highest BCUT2D eigenvalue weighted by Gasteiger charge is 2.36. The van der Waals surface area contributed by atoms with Crippen LogP contribution in [0.4, 0.5) is 0 Å². The first kappa shape index (κ1) is 13.5. The van der Waals surface area contributed by atoms with Crippen molar-refractivity contribution in [3.8, 4) is 0 Å². The van der Waals surface area contributed by atoms with E-state index in [1.54, 1.807) is 0 Å². The quantitative estimate of drug-likeness (QED) is 0.673. The normalized spacial score (nSPS) is 20.1. The van der Waals surface area contributed by atoms with Gasteiger partial charge >= 0.3 is 0 Å². The van der Waals surface area contributed by atoms with E-state index in [0.29, 0.717) is 12.1 Å². The van der Waals surface area contributed by atoms with Crippen molar-refractivity contribution in [1.82, 2.24) is 10.2 Å². The Kier molecular flexibility index (Phi) is 4.33. The second kappa shape index (κ2) is 5.15. The summed E-state index contributed by atoms with van der Waals surface area (Å²) in [5.41, 5.74) is 4.94. The molecule has 0 aromatic rings. The summed E-state index contributed by atoms with van der Waals surface area (Å²) >= 11 is 0. The van der Waals surface area contributed by atoms with Gasteiger partial charge in [0.05, 0.1) is 5.54 Å². The zero-order valence-corrected chi connectivity index (χ0v) is 10.9. The molecule has 1 unspecified atom stereocenters. The SMILES string of the molecule is CC(C)N(C)CCC(C)(NC1CC1)C(N)=O. The van der Waals surface area contributed by atoms with Gasteiger partial charge in [0.25, 0.3) is 0 Å². The lowest BCUT2D eigenvalue weighted by Gasteiger charge is -2.31. The Hall–Kier alpha value is -0.610. The summed E-state index contributed by atoms with van der Waals surface area (Å²) in [7, 11) is 2.07. The third-order valence-corrected chi connectivity index (χ3v) is 3.49. The Labute approximate surface area is 98.6 Å². The van der Waals surface area contributed by atoms with Gasteiger partial charge in [-0.25, -0.2) is 0 Å². The van der Waals surface area contributed by atoms with E-state index in [2.05, 4.69) is 31.1 Å². The fourth-order valence-corrected chi connectivity index (χ4v) is 1.60. The number of carbonyl (C=O) groups excluding carboxylic acids is 1. The van der Waals surface area contributed by atoms with Gasteiger partial charge in [0.15, 0.2) is 0 Å². The average molecular weight is 227 g/mol. The van der Waals surface area contributed by atoms with Gasteiger partial charge in [-0.2, -0.15) is 0 Å². The van der Waals surface area contributed by atoms with Gasteiger partial charge in [0, 0.05) is 18.6 Å². The Bertz CT molecular complexity index is 251. The van der Waals surface area contributed by atoms with E-state index >= 15 is 0 Å². The van der Waals surface area contributed by atoms with E-state index in [0.717, 1.165) is 13.0 Å². The number of hydrogen-bond donors (Lipinski definition) is 2. The fourth-order valence-electron chi connectivity index (χ4n) is 1.60. The topological polar surface area (TPSA) is 58.4 Å². The molecule has 1 rings (SSSR count). The van der Waals surface area contributed by atoms with E-state index in [4.69, 9.17) is 5.73 Å². The van der Waals surface area contributed by atoms with Crippen LogP contribution in [0.1, 0.15) is 40.0 Å². The van der Waals surface area contributed by atoms with Crippen molar-refractivity contribution in [1.29, 1.82) is 0 Å². The summed E-state index contributed by atoms with van der Waals surface area (Å²) in [4.78, 5) is 13.7. The molecule has 0 aromatic heterocycles. The molecule has 4 heteroatoms. The minimum atomic E-state index is -0.551. The maximum absolute atomic E-state index is 11.5. The summed E-state index contributed by atoms with van der Waals surface area (Å²) in [6.07, 6.45) is 3.11. The molecule has 1 atom stereocenters. The van der Waals surface area contributed by atoms with Crippen LogP contribution in [0.5, 0.6) is 0 Å².